The molecule has 0 aliphatic heterocycles. The van der Waals surface area contributed by atoms with Crippen molar-refractivity contribution in [1.82, 2.24) is 0 Å². The van der Waals surface area contributed by atoms with E-state index in [-0.39, 0.29) is 12.4 Å². The summed E-state index contributed by atoms with van der Waals surface area (Å²) in [6.45, 7) is 0. The van der Waals surface area contributed by atoms with Gasteiger partial charge in [0.1, 0.15) is 0 Å². The molecule has 1 rings (SSSR count). The zero-order chi connectivity index (χ0) is 5.82. The fraction of sp³-hybridized carbons (Fsp3) is 0. The quantitative estimate of drug-likeness (QED) is 0.592. The minimum atomic E-state index is 0. The largest absolute Gasteiger partial charge is 0.291 e. The minimum Gasteiger partial charge on any atom is -0.291 e. The SMILES string of the molecule is Cl.ONc1ccccc1. The molecule has 0 amide bonds. The second-order valence-corrected chi connectivity index (χ2v) is 1.48. The summed E-state index contributed by atoms with van der Waals surface area (Å²) < 4.78 is 0. The highest BCUT2D eigenvalue weighted by molar-refractivity contribution is 5.85. The molecule has 1 aromatic carbocycles. The van der Waals surface area contributed by atoms with Gasteiger partial charge in [0.2, 0.25) is 0 Å². The van der Waals surface area contributed by atoms with Crippen LogP contribution in [0.25, 0.3) is 0 Å². The molecule has 0 bridgehead atoms. The topological polar surface area (TPSA) is 32.3 Å². The minimum absolute atomic E-state index is 0. The van der Waals surface area contributed by atoms with Crippen LogP contribution in [0.5, 0.6) is 0 Å². The lowest BCUT2D eigenvalue weighted by atomic mass is 10.3. The van der Waals surface area contributed by atoms with Crippen LogP contribution in [0.2, 0.25) is 0 Å². The van der Waals surface area contributed by atoms with E-state index in [4.69, 9.17) is 5.21 Å². The Balaban J connectivity index is 0.000000640. The number of para-hydroxylation sites is 1. The number of anilines is 1. The van der Waals surface area contributed by atoms with Crippen LogP contribution in [0.3, 0.4) is 0 Å². The number of halogens is 1. The normalized spacial score (nSPS) is 7.67. The van der Waals surface area contributed by atoms with Crippen LogP contribution in [0.1, 0.15) is 0 Å². The van der Waals surface area contributed by atoms with Gasteiger partial charge in [-0.25, -0.2) is 0 Å². The average Bonchev–Trinajstić information content (AvgIpc) is 1.90. The highest BCUT2D eigenvalue weighted by atomic mass is 35.5. The lowest BCUT2D eigenvalue weighted by Crippen LogP contribution is -1.85. The molecular formula is C6H8ClNO. The fourth-order valence-corrected chi connectivity index (χ4v) is 0.513. The summed E-state index contributed by atoms with van der Waals surface area (Å²) in [6.07, 6.45) is 0. The third kappa shape index (κ3) is 2.35. The summed E-state index contributed by atoms with van der Waals surface area (Å²) in [7, 11) is 0. The van der Waals surface area contributed by atoms with Crippen molar-refractivity contribution in [3.05, 3.63) is 30.3 Å². The zero-order valence-corrected chi connectivity index (χ0v) is 5.56. The van der Waals surface area contributed by atoms with Gasteiger partial charge in [-0.1, -0.05) is 18.2 Å². The molecule has 0 atom stereocenters. The Hall–Kier alpha value is -0.730. The zero-order valence-electron chi connectivity index (χ0n) is 4.74. The highest BCUT2D eigenvalue weighted by Crippen LogP contribution is 2.01. The van der Waals surface area contributed by atoms with Gasteiger partial charge in [-0.3, -0.25) is 10.7 Å². The van der Waals surface area contributed by atoms with Gasteiger partial charge in [-0.15, -0.1) is 12.4 Å². The van der Waals surface area contributed by atoms with Gasteiger partial charge in [-0.2, -0.15) is 0 Å². The molecule has 0 aliphatic carbocycles. The molecule has 3 heteroatoms. The first-order valence-corrected chi connectivity index (χ1v) is 2.38. The van der Waals surface area contributed by atoms with E-state index >= 15 is 0 Å². The number of nitrogens with one attached hydrogen (secondary N) is 1. The monoisotopic (exact) mass is 145 g/mol. The van der Waals surface area contributed by atoms with Gasteiger partial charge < -0.3 is 0 Å². The number of hydrogen-bond donors (Lipinski definition) is 2. The number of hydrogen-bond acceptors (Lipinski definition) is 2. The van der Waals surface area contributed by atoms with Crippen LogP contribution >= 0.6 is 12.4 Å². The molecule has 0 aliphatic rings. The molecule has 2 nitrogen and oxygen atoms in total. The third-order valence-electron chi connectivity index (χ3n) is 0.903. The third-order valence-corrected chi connectivity index (χ3v) is 0.903. The summed E-state index contributed by atoms with van der Waals surface area (Å²) in [4.78, 5) is 0. The predicted molar refractivity (Wildman–Crippen MR) is 39.1 cm³/mol. The second-order valence-electron chi connectivity index (χ2n) is 1.48. The van der Waals surface area contributed by atoms with Crippen molar-refractivity contribution in [2.75, 3.05) is 5.48 Å². The van der Waals surface area contributed by atoms with Crippen molar-refractivity contribution < 1.29 is 5.21 Å². The van der Waals surface area contributed by atoms with E-state index < -0.39 is 0 Å². The van der Waals surface area contributed by atoms with Crippen LogP contribution in [0, 0.1) is 0 Å². The van der Waals surface area contributed by atoms with Gasteiger partial charge in [0, 0.05) is 0 Å². The highest BCUT2D eigenvalue weighted by Gasteiger charge is 1.79. The van der Waals surface area contributed by atoms with Crippen LogP contribution in [0.4, 0.5) is 5.69 Å². The second kappa shape index (κ2) is 4.18. The Kier molecular flexibility index (Phi) is 3.84. The molecule has 9 heavy (non-hydrogen) atoms. The van der Waals surface area contributed by atoms with E-state index in [1.165, 1.54) is 0 Å². The molecule has 0 fully saturated rings. The van der Waals surface area contributed by atoms with E-state index in [1.54, 1.807) is 12.1 Å². The van der Waals surface area contributed by atoms with Crippen molar-refractivity contribution in [2.24, 2.45) is 0 Å². The maximum absolute atomic E-state index is 8.29. The maximum atomic E-state index is 8.29. The van der Waals surface area contributed by atoms with E-state index in [0.29, 0.717) is 5.69 Å². The molecule has 1 aromatic rings. The lowest BCUT2D eigenvalue weighted by Gasteiger charge is -1.92. The summed E-state index contributed by atoms with van der Waals surface area (Å²) in [5.74, 6) is 0. The van der Waals surface area contributed by atoms with E-state index in [2.05, 4.69) is 0 Å². The van der Waals surface area contributed by atoms with Gasteiger partial charge >= 0.3 is 0 Å². The molecule has 0 unspecified atom stereocenters. The number of benzene rings is 1. The molecule has 0 radical (unpaired) electrons. The standard InChI is InChI=1S/C6H7NO.ClH/c8-7-6-4-2-1-3-5-6;/h1-5,7-8H;1H. The number of rotatable bonds is 1. The van der Waals surface area contributed by atoms with Crippen molar-refractivity contribution in [2.45, 2.75) is 0 Å². The smallest absolute Gasteiger partial charge is 0.0602 e. The van der Waals surface area contributed by atoms with Gasteiger partial charge in [0.05, 0.1) is 5.69 Å². The Morgan fingerprint density at radius 2 is 1.67 bits per heavy atom. The van der Waals surface area contributed by atoms with Crippen molar-refractivity contribution in [3.8, 4) is 0 Å². The van der Waals surface area contributed by atoms with E-state index in [9.17, 15) is 0 Å². The fourth-order valence-electron chi connectivity index (χ4n) is 0.513. The molecule has 0 saturated carbocycles. The van der Waals surface area contributed by atoms with Gasteiger partial charge in [-0.05, 0) is 12.1 Å². The van der Waals surface area contributed by atoms with Gasteiger partial charge in [0.15, 0.2) is 0 Å². The van der Waals surface area contributed by atoms with Crippen LogP contribution in [-0.2, 0) is 0 Å². The van der Waals surface area contributed by atoms with E-state index in [0.717, 1.165) is 0 Å². The maximum Gasteiger partial charge on any atom is 0.0602 e. The van der Waals surface area contributed by atoms with Crippen LogP contribution in [0.15, 0.2) is 30.3 Å². The summed E-state index contributed by atoms with van der Waals surface area (Å²) in [6, 6.07) is 9.14. The summed E-state index contributed by atoms with van der Waals surface area (Å²) in [5.41, 5.74) is 2.74. The van der Waals surface area contributed by atoms with Gasteiger partial charge in [0.25, 0.3) is 0 Å². The van der Waals surface area contributed by atoms with Crippen LogP contribution < -0.4 is 5.48 Å². The molecule has 0 aromatic heterocycles. The van der Waals surface area contributed by atoms with Crippen molar-refractivity contribution >= 4 is 18.1 Å². The average molecular weight is 146 g/mol. The van der Waals surface area contributed by atoms with Crippen molar-refractivity contribution in [3.63, 3.8) is 0 Å². The molecular weight excluding hydrogens is 138 g/mol. The lowest BCUT2D eigenvalue weighted by molar-refractivity contribution is 0.389. The molecule has 0 heterocycles. The first-order chi connectivity index (χ1) is 3.93. The molecule has 0 spiro atoms. The Labute approximate surface area is 59.9 Å². The molecule has 2 N–H and O–H groups in total. The first-order valence-electron chi connectivity index (χ1n) is 2.38. The Morgan fingerprint density at radius 3 is 2.00 bits per heavy atom. The first kappa shape index (κ1) is 8.27. The predicted octanol–water partition coefficient (Wildman–Crippen LogP) is 1.91. The summed E-state index contributed by atoms with van der Waals surface area (Å²) >= 11 is 0. The summed E-state index contributed by atoms with van der Waals surface area (Å²) in [5, 5.41) is 8.29. The van der Waals surface area contributed by atoms with Crippen LogP contribution in [-0.4, -0.2) is 5.21 Å². The Morgan fingerprint density at radius 1 is 1.11 bits per heavy atom. The molecule has 50 valence electrons. The Bertz CT molecular complexity index is 154. The molecule has 0 saturated heterocycles. The van der Waals surface area contributed by atoms with E-state index in [1.807, 2.05) is 23.7 Å². The van der Waals surface area contributed by atoms with Crippen molar-refractivity contribution in [1.29, 1.82) is 0 Å².